The second-order valence-electron chi connectivity index (χ2n) is 9.53. The smallest absolute Gasteiger partial charge is 0.336 e. The second-order valence-corrected chi connectivity index (χ2v) is 9.53. The van der Waals surface area contributed by atoms with Crippen LogP contribution in [0.15, 0.2) is 78.9 Å². The molecule has 1 fully saturated rings. The van der Waals surface area contributed by atoms with E-state index < -0.39 is 5.97 Å². The van der Waals surface area contributed by atoms with Crippen LogP contribution in [-0.4, -0.2) is 17.7 Å². The molecule has 4 aromatic rings. The van der Waals surface area contributed by atoms with Crippen molar-refractivity contribution in [2.24, 2.45) is 5.92 Å². The Morgan fingerprint density at radius 2 is 1.56 bits per heavy atom. The van der Waals surface area contributed by atoms with Crippen LogP contribution in [0.2, 0.25) is 0 Å². The monoisotopic (exact) mass is 480 g/mol. The predicted octanol–water partition coefficient (Wildman–Crippen LogP) is 8.47. The number of fused-ring (bicyclic) bond motifs is 1. The minimum Gasteiger partial charge on any atom is -0.493 e. The first-order valence-corrected chi connectivity index (χ1v) is 12.5. The molecule has 0 amide bonds. The normalized spacial score (nSPS) is 14.4. The summed E-state index contributed by atoms with van der Waals surface area (Å²) >= 11 is 0. The van der Waals surface area contributed by atoms with Crippen molar-refractivity contribution in [2.75, 3.05) is 6.61 Å². The summed E-state index contributed by atoms with van der Waals surface area (Å²) in [6.45, 7) is 0.787. The molecular weight excluding hydrogens is 451 g/mol. The summed E-state index contributed by atoms with van der Waals surface area (Å²) in [6.07, 6.45) is 10.2. The van der Waals surface area contributed by atoms with Crippen LogP contribution in [0.25, 0.3) is 34.1 Å². The van der Waals surface area contributed by atoms with Crippen LogP contribution in [-0.2, 0) is 0 Å². The van der Waals surface area contributed by atoms with Gasteiger partial charge in [0.2, 0.25) is 0 Å². The van der Waals surface area contributed by atoms with Crippen molar-refractivity contribution in [3.05, 3.63) is 101 Å². The molecule has 0 radical (unpaired) electrons. The van der Waals surface area contributed by atoms with Crippen LogP contribution >= 0.6 is 0 Å². The molecule has 0 atom stereocenters. The lowest BCUT2D eigenvalue weighted by atomic mass is 9.90. The molecule has 1 aliphatic rings. The molecule has 0 aromatic heterocycles. The van der Waals surface area contributed by atoms with Crippen molar-refractivity contribution in [3.63, 3.8) is 0 Å². The van der Waals surface area contributed by atoms with Gasteiger partial charge in [-0.15, -0.1) is 0 Å². The zero-order chi connectivity index (χ0) is 24.9. The lowest BCUT2D eigenvalue weighted by Crippen LogP contribution is -2.15. The van der Waals surface area contributed by atoms with Gasteiger partial charge in [0.25, 0.3) is 0 Å². The van der Waals surface area contributed by atoms with E-state index in [0.717, 1.165) is 39.8 Å². The van der Waals surface area contributed by atoms with Crippen molar-refractivity contribution < 1.29 is 19.0 Å². The highest BCUT2D eigenvalue weighted by Gasteiger charge is 2.14. The molecule has 182 valence electrons. The van der Waals surface area contributed by atoms with Crippen LogP contribution in [0.1, 0.15) is 53.6 Å². The average molecular weight is 481 g/mol. The van der Waals surface area contributed by atoms with Crippen LogP contribution in [0.4, 0.5) is 4.39 Å². The lowest BCUT2D eigenvalue weighted by molar-refractivity contribution is 0.0696. The van der Waals surface area contributed by atoms with Gasteiger partial charge in [0.05, 0.1) is 12.2 Å². The Kier molecular flexibility index (Phi) is 7.13. The third-order valence-electron chi connectivity index (χ3n) is 6.96. The Labute approximate surface area is 210 Å². The summed E-state index contributed by atoms with van der Waals surface area (Å²) < 4.78 is 19.4. The Morgan fingerprint density at radius 3 is 2.33 bits per heavy atom. The first kappa shape index (κ1) is 23.8. The predicted molar refractivity (Wildman–Crippen MR) is 144 cm³/mol. The zero-order valence-electron chi connectivity index (χ0n) is 20.1. The van der Waals surface area contributed by atoms with Gasteiger partial charge in [-0.3, -0.25) is 0 Å². The maximum absolute atomic E-state index is 13.3. The number of hydrogen-bond donors (Lipinski definition) is 1. The van der Waals surface area contributed by atoms with E-state index in [4.69, 9.17) is 4.74 Å². The number of aromatic carboxylic acids is 1. The highest BCUT2D eigenvalue weighted by atomic mass is 19.1. The number of rotatable bonds is 7. The molecule has 1 N–H and O–H groups in total. The van der Waals surface area contributed by atoms with Crippen LogP contribution < -0.4 is 4.74 Å². The fourth-order valence-corrected chi connectivity index (χ4v) is 4.91. The first-order valence-electron chi connectivity index (χ1n) is 12.5. The molecule has 0 spiro atoms. The summed E-state index contributed by atoms with van der Waals surface area (Å²) in [5.41, 5.74) is 3.45. The number of hydrogen-bond acceptors (Lipinski definition) is 2. The SMILES string of the molecule is O=C(O)c1ccc(-c2ccc(F)cc2)cc1/C=C/c1ccc2cc(OCC3CCCCC3)ccc2c1. The standard InChI is InChI=1S/C32H29FO3/c33-29-14-10-24(11-15-29)26-13-17-31(32(34)35)28(19-26)9-7-22-6-8-27-20-30(16-12-25(27)18-22)36-21-23-4-2-1-3-5-23/h6-20,23H,1-5,21H2,(H,34,35)/b9-7+. The lowest BCUT2D eigenvalue weighted by Gasteiger charge is -2.21. The van der Waals surface area contributed by atoms with E-state index in [9.17, 15) is 14.3 Å². The molecule has 3 nitrogen and oxygen atoms in total. The number of carboxylic acids is 1. The summed E-state index contributed by atoms with van der Waals surface area (Å²) in [6, 6.07) is 23.7. The highest BCUT2D eigenvalue weighted by molar-refractivity contribution is 5.95. The summed E-state index contributed by atoms with van der Waals surface area (Å²) in [5.74, 6) is 0.277. The van der Waals surface area contributed by atoms with E-state index in [0.29, 0.717) is 11.5 Å². The van der Waals surface area contributed by atoms with Crippen LogP contribution in [0.5, 0.6) is 5.75 Å². The fourth-order valence-electron chi connectivity index (χ4n) is 4.91. The van der Waals surface area contributed by atoms with E-state index >= 15 is 0 Å². The van der Waals surface area contributed by atoms with Crippen molar-refractivity contribution in [1.29, 1.82) is 0 Å². The topological polar surface area (TPSA) is 46.5 Å². The Hall–Kier alpha value is -3.92. The molecule has 0 unspecified atom stereocenters. The van der Waals surface area contributed by atoms with Gasteiger partial charge >= 0.3 is 5.97 Å². The zero-order valence-corrected chi connectivity index (χ0v) is 20.1. The number of carboxylic acid groups (broad SMARTS) is 1. The molecule has 5 rings (SSSR count). The van der Waals surface area contributed by atoms with Crippen LogP contribution in [0, 0.1) is 11.7 Å². The van der Waals surface area contributed by atoms with Gasteiger partial charge in [-0.25, -0.2) is 9.18 Å². The molecule has 4 heteroatoms. The van der Waals surface area contributed by atoms with Crippen molar-refractivity contribution >= 4 is 28.9 Å². The summed E-state index contributed by atoms with van der Waals surface area (Å²) in [5, 5.41) is 11.9. The fraction of sp³-hybridized carbons (Fsp3) is 0.219. The molecule has 0 bridgehead atoms. The minimum atomic E-state index is -0.987. The third-order valence-corrected chi connectivity index (χ3v) is 6.96. The molecule has 36 heavy (non-hydrogen) atoms. The van der Waals surface area contributed by atoms with Crippen molar-refractivity contribution in [3.8, 4) is 16.9 Å². The third kappa shape index (κ3) is 5.65. The van der Waals surface area contributed by atoms with Gasteiger partial charge in [-0.2, -0.15) is 0 Å². The number of halogens is 1. The molecule has 4 aromatic carbocycles. The molecule has 1 aliphatic carbocycles. The van der Waals surface area contributed by atoms with Gasteiger partial charge in [-0.05, 0) is 94.3 Å². The first-order chi connectivity index (χ1) is 17.5. The number of ether oxygens (including phenoxy) is 1. The maximum Gasteiger partial charge on any atom is 0.336 e. The quantitative estimate of drug-likeness (QED) is 0.270. The molecule has 1 saturated carbocycles. The molecule has 0 heterocycles. The molecule has 0 saturated heterocycles. The summed E-state index contributed by atoms with van der Waals surface area (Å²) in [4.78, 5) is 11.8. The van der Waals surface area contributed by atoms with Gasteiger partial charge in [0.1, 0.15) is 11.6 Å². The Morgan fingerprint density at radius 1 is 0.833 bits per heavy atom. The molecular formula is C32H29FO3. The largest absolute Gasteiger partial charge is 0.493 e. The second kappa shape index (κ2) is 10.8. The maximum atomic E-state index is 13.3. The van der Waals surface area contributed by atoms with E-state index in [1.165, 1.54) is 44.2 Å². The van der Waals surface area contributed by atoms with Gasteiger partial charge < -0.3 is 9.84 Å². The number of carbonyl (C=O) groups is 1. The average Bonchev–Trinajstić information content (AvgIpc) is 2.91. The van der Waals surface area contributed by atoms with E-state index in [1.54, 1.807) is 24.3 Å². The minimum absolute atomic E-state index is 0.220. The van der Waals surface area contributed by atoms with Gasteiger partial charge in [-0.1, -0.05) is 67.8 Å². The Bertz CT molecular complexity index is 1400. The summed E-state index contributed by atoms with van der Waals surface area (Å²) in [7, 11) is 0. The highest BCUT2D eigenvalue weighted by Crippen LogP contribution is 2.28. The van der Waals surface area contributed by atoms with Crippen LogP contribution in [0.3, 0.4) is 0 Å². The van der Waals surface area contributed by atoms with Crippen molar-refractivity contribution in [1.82, 2.24) is 0 Å². The molecule has 0 aliphatic heterocycles. The van der Waals surface area contributed by atoms with Crippen molar-refractivity contribution in [2.45, 2.75) is 32.1 Å². The van der Waals surface area contributed by atoms with Gasteiger partial charge in [0.15, 0.2) is 0 Å². The number of benzene rings is 4. The van der Waals surface area contributed by atoms with E-state index in [1.807, 2.05) is 30.4 Å². The Balaban J connectivity index is 1.35. The van der Waals surface area contributed by atoms with Gasteiger partial charge in [0, 0.05) is 0 Å². The van der Waals surface area contributed by atoms with E-state index in [-0.39, 0.29) is 11.4 Å². The van der Waals surface area contributed by atoms with E-state index in [2.05, 4.69) is 24.3 Å².